The molecule has 1 aliphatic rings. The smallest absolute Gasteiger partial charge is 0.232 e. The number of carbonyl (C=O) groups excluding carboxylic acids is 1. The van der Waals surface area contributed by atoms with Crippen molar-refractivity contribution >= 4 is 24.4 Å². The number of aromatic nitrogens is 1. The zero-order chi connectivity index (χ0) is 14.4. The van der Waals surface area contributed by atoms with E-state index in [1.165, 1.54) is 5.57 Å². The highest BCUT2D eigenvalue weighted by Crippen LogP contribution is 2.21. The molecule has 0 fully saturated rings. The van der Waals surface area contributed by atoms with Crippen LogP contribution in [-0.4, -0.2) is 24.1 Å². The molecular formula is C15H20N2O2S. The van der Waals surface area contributed by atoms with Crippen LogP contribution in [0.15, 0.2) is 34.9 Å². The molecular weight excluding hydrogens is 272 g/mol. The molecule has 0 bridgehead atoms. The van der Waals surface area contributed by atoms with E-state index < -0.39 is 0 Å². The van der Waals surface area contributed by atoms with Gasteiger partial charge in [-0.15, -0.1) is 12.6 Å². The number of ether oxygens (including phenoxy) is 1. The number of pyridine rings is 1. The Hall–Kier alpha value is -1.33. The first kappa shape index (κ1) is 15.1. The maximum Gasteiger partial charge on any atom is 0.232 e. The third kappa shape index (κ3) is 4.35. The molecule has 0 aromatic carbocycles. The van der Waals surface area contributed by atoms with Crippen LogP contribution in [0.3, 0.4) is 0 Å². The molecule has 0 radical (unpaired) electrons. The normalized spacial score (nSPS) is 20.2. The molecule has 0 saturated heterocycles. The quantitative estimate of drug-likeness (QED) is 0.665. The largest absolute Gasteiger partial charge is 0.381 e. The summed E-state index contributed by atoms with van der Waals surface area (Å²) in [6, 6.07) is 3.57. The van der Waals surface area contributed by atoms with Gasteiger partial charge in [-0.3, -0.25) is 4.79 Å². The second-order valence-corrected chi connectivity index (χ2v) is 5.41. The summed E-state index contributed by atoms with van der Waals surface area (Å²) in [5.74, 6) is 0.414. The van der Waals surface area contributed by atoms with Crippen molar-refractivity contribution in [3.8, 4) is 0 Å². The standard InChI is InChI=1S/C15H20N2O2S/c1-11(12-4-2-8-19-9-3-5-12)15(18)17-14-7-6-13(20)10-16-14/h4,6-7,10-11,20H,2-3,5,8-9H2,1H3,(H,16,17,18)/b12-4-. The molecule has 1 atom stereocenters. The number of anilines is 1. The molecule has 0 spiro atoms. The Bertz CT molecular complexity index is 485. The minimum Gasteiger partial charge on any atom is -0.381 e. The van der Waals surface area contributed by atoms with E-state index in [1.807, 2.05) is 13.0 Å². The molecule has 1 amide bonds. The molecule has 0 saturated carbocycles. The highest BCUT2D eigenvalue weighted by atomic mass is 32.1. The minimum atomic E-state index is -0.134. The Morgan fingerprint density at radius 1 is 1.45 bits per heavy atom. The van der Waals surface area contributed by atoms with Crippen molar-refractivity contribution in [1.29, 1.82) is 0 Å². The molecule has 1 aromatic heterocycles. The second-order valence-electron chi connectivity index (χ2n) is 4.90. The van der Waals surface area contributed by atoms with Crippen molar-refractivity contribution in [1.82, 2.24) is 4.98 Å². The van der Waals surface area contributed by atoms with E-state index in [-0.39, 0.29) is 11.8 Å². The van der Waals surface area contributed by atoms with Crippen LogP contribution in [0.4, 0.5) is 5.82 Å². The van der Waals surface area contributed by atoms with E-state index in [0.717, 1.165) is 37.4 Å². The lowest BCUT2D eigenvalue weighted by atomic mass is 9.94. The summed E-state index contributed by atoms with van der Waals surface area (Å²) in [5, 5.41) is 2.85. The molecule has 1 unspecified atom stereocenters. The highest BCUT2D eigenvalue weighted by Gasteiger charge is 2.18. The average Bonchev–Trinajstić information content (AvgIpc) is 2.40. The van der Waals surface area contributed by atoms with Crippen molar-refractivity contribution in [3.05, 3.63) is 30.0 Å². The van der Waals surface area contributed by atoms with Gasteiger partial charge in [-0.2, -0.15) is 0 Å². The van der Waals surface area contributed by atoms with Gasteiger partial charge >= 0.3 is 0 Å². The van der Waals surface area contributed by atoms with Crippen LogP contribution in [-0.2, 0) is 9.53 Å². The van der Waals surface area contributed by atoms with Gasteiger partial charge in [0.05, 0.1) is 12.5 Å². The highest BCUT2D eigenvalue weighted by molar-refractivity contribution is 7.80. The fourth-order valence-electron chi connectivity index (χ4n) is 2.17. The number of amides is 1. The Kier molecular flexibility index (Phi) is 5.61. The predicted octanol–water partition coefficient (Wildman–Crippen LogP) is 3.07. The van der Waals surface area contributed by atoms with Gasteiger partial charge in [0.25, 0.3) is 0 Å². The number of carbonyl (C=O) groups is 1. The van der Waals surface area contributed by atoms with E-state index in [9.17, 15) is 4.79 Å². The zero-order valence-electron chi connectivity index (χ0n) is 11.6. The molecule has 1 aliphatic heterocycles. The molecule has 4 nitrogen and oxygen atoms in total. The first-order valence-electron chi connectivity index (χ1n) is 6.89. The molecule has 0 aliphatic carbocycles. The average molecular weight is 292 g/mol. The van der Waals surface area contributed by atoms with Gasteiger partial charge < -0.3 is 10.1 Å². The summed E-state index contributed by atoms with van der Waals surface area (Å²) in [7, 11) is 0. The van der Waals surface area contributed by atoms with Gasteiger partial charge in [-0.1, -0.05) is 11.6 Å². The maximum atomic E-state index is 12.3. The van der Waals surface area contributed by atoms with Crippen LogP contribution in [0.2, 0.25) is 0 Å². The van der Waals surface area contributed by atoms with Crippen molar-refractivity contribution in [3.63, 3.8) is 0 Å². The summed E-state index contributed by atoms with van der Waals surface area (Å²) in [5.41, 5.74) is 1.19. The summed E-state index contributed by atoms with van der Waals surface area (Å²) in [6.45, 7) is 3.45. The Morgan fingerprint density at radius 3 is 3.05 bits per heavy atom. The van der Waals surface area contributed by atoms with Gasteiger partial charge in [0.1, 0.15) is 5.82 Å². The number of nitrogens with zero attached hydrogens (tertiary/aromatic N) is 1. The fraction of sp³-hybridized carbons (Fsp3) is 0.467. The predicted molar refractivity (Wildman–Crippen MR) is 82.0 cm³/mol. The monoisotopic (exact) mass is 292 g/mol. The third-order valence-corrected chi connectivity index (χ3v) is 3.64. The van der Waals surface area contributed by atoms with Crippen LogP contribution in [0, 0.1) is 5.92 Å². The van der Waals surface area contributed by atoms with Crippen LogP contribution in [0.25, 0.3) is 0 Å². The van der Waals surface area contributed by atoms with E-state index in [4.69, 9.17) is 4.74 Å². The van der Waals surface area contributed by atoms with Gasteiger partial charge in [0, 0.05) is 17.7 Å². The van der Waals surface area contributed by atoms with Crippen molar-refractivity contribution in [2.24, 2.45) is 5.92 Å². The second kappa shape index (κ2) is 7.45. The number of hydrogen-bond acceptors (Lipinski definition) is 4. The first-order chi connectivity index (χ1) is 9.66. The number of thiol groups is 1. The summed E-state index contributed by atoms with van der Waals surface area (Å²) >= 11 is 4.17. The lowest BCUT2D eigenvalue weighted by Crippen LogP contribution is -2.23. The Labute approximate surface area is 125 Å². The lowest BCUT2D eigenvalue weighted by molar-refractivity contribution is -0.118. The van der Waals surface area contributed by atoms with Crippen molar-refractivity contribution < 1.29 is 9.53 Å². The van der Waals surface area contributed by atoms with E-state index in [1.54, 1.807) is 12.3 Å². The SMILES string of the molecule is CC(C(=O)Nc1ccc(S)cn1)/C1=C\CCOCCC1. The number of nitrogens with one attached hydrogen (secondary N) is 1. The summed E-state index contributed by atoms with van der Waals surface area (Å²) < 4.78 is 5.41. The Balaban J connectivity index is 1.98. The molecule has 5 heteroatoms. The van der Waals surface area contributed by atoms with Gasteiger partial charge in [0.15, 0.2) is 0 Å². The van der Waals surface area contributed by atoms with Crippen molar-refractivity contribution in [2.45, 2.75) is 31.1 Å². The number of rotatable bonds is 3. The van der Waals surface area contributed by atoms with Crippen LogP contribution < -0.4 is 5.32 Å². The number of hydrogen-bond donors (Lipinski definition) is 2. The molecule has 108 valence electrons. The fourth-order valence-corrected chi connectivity index (χ4v) is 2.30. The van der Waals surface area contributed by atoms with Crippen LogP contribution in [0.5, 0.6) is 0 Å². The van der Waals surface area contributed by atoms with E-state index >= 15 is 0 Å². The van der Waals surface area contributed by atoms with E-state index in [0.29, 0.717) is 5.82 Å². The first-order valence-corrected chi connectivity index (χ1v) is 7.34. The third-order valence-electron chi connectivity index (χ3n) is 3.37. The molecule has 1 aromatic rings. The topological polar surface area (TPSA) is 51.2 Å². The van der Waals surface area contributed by atoms with Crippen LogP contribution >= 0.6 is 12.6 Å². The van der Waals surface area contributed by atoms with Crippen LogP contribution in [0.1, 0.15) is 26.2 Å². The lowest BCUT2D eigenvalue weighted by Gasteiger charge is -2.18. The summed E-state index contributed by atoms with van der Waals surface area (Å²) in [4.78, 5) is 17.2. The summed E-state index contributed by atoms with van der Waals surface area (Å²) in [6.07, 6.45) is 6.51. The molecule has 2 heterocycles. The molecule has 2 rings (SSSR count). The van der Waals surface area contributed by atoms with Gasteiger partial charge in [-0.05, 0) is 38.3 Å². The molecule has 20 heavy (non-hydrogen) atoms. The maximum absolute atomic E-state index is 12.3. The van der Waals surface area contributed by atoms with Gasteiger partial charge in [-0.25, -0.2) is 4.98 Å². The Morgan fingerprint density at radius 2 is 2.30 bits per heavy atom. The minimum absolute atomic E-state index is 0.0165. The molecule has 1 N–H and O–H groups in total. The van der Waals surface area contributed by atoms with Gasteiger partial charge in [0.2, 0.25) is 5.91 Å². The van der Waals surface area contributed by atoms with E-state index in [2.05, 4.69) is 29.0 Å². The zero-order valence-corrected chi connectivity index (χ0v) is 12.5. The van der Waals surface area contributed by atoms with Crippen molar-refractivity contribution in [2.75, 3.05) is 18.5 Å².